The highest BCUT2D eigenvalue weighted by Crippen LogP contribution is 2.27. The van der Waals surface area contributed by atoms with E-state index in [1.165, 1.54) is 30.5 Å². The average Bonchev–Trinajstić information content (AvgIpc) is 2.28. The SMILES string of the molecule is c1cc(C2CCCNC2)cc(C2CNC2)c1. The van der Waals surface area contributed by atoms with Crippen LogP contribution in [0.2, 0.25) is 0 Å². The maximum Gasteiger partial charge on any atom is 0.00886 e. The number of hydrogen-bond acceptors (Lipinski definition) is 2. The molecule has 2 aliphatic rings. The molecule has 1 atom stereocenters. The number of nitrogens with one attached hydrogen (secondary N) is 2. The molecule has 2 aliphatic heterocycles. The van der Waals surface area contributed by atoms with Gasteiger partial charge in [-0.1, -0.05) is 24.3 Å². The highest BCUT2D eigenvalue weighted by molar-refractivity contribution is 5.31. The summed E-state index contributed by atoms with van der Waals surface area (Å²) in [6.45, 7) is 4.67. The molecule has 2 heteroatoms. The molecule has 1 aromatic carbocycles. The van der Waals surface area contributed by atoms with Crippen molar-refractivity contribution < 1.29 is 0 Å². The van der Waals surface area contributed by atoms with Gasteiger partial charge in [0.05, 0.1) is 0 Å². The van der Waals surface area contributed by atoms with E-state index < -0.39 is 0 Å². The van der Waals surface area contributed by atoms with Crippen molar-refractivity contribution in [2.75, 3.05) is 26.2 Å². The molecule has 16 heavy (non-hydrogen) atoms. The van der Waals surface area contributed by atoms with Crippen LogP contribution in [0.25, 0.3) is 0 Å². The van der Waals surface area contributed by atoms with E-state index in [4.69, 9.17) is 0 Å². The van der Waals surface area contributed by atoms with Crippen LogP contribution in [-0.4, -0.2) is 26.2 Å². The Hall–Kier alpha value is -0.860. The van der Waals surface area contributed by atoms with Gasteiger partial charge >= 0.3 is 0 Å². The second-order valence-electron chi connectivity index (χ2n) is 5.07. The van der Waals surface area contributed by atoms with Gasteiger partial charge in [-0.15, -0.1) is 0 Å². The van der Waals surface area contributed by atoms with Crippen LogP contribution in [0.4, 0.5) is 0 Å². The van der Waals surface area contributed by atoms with E-state index >= 15 is 0 Å². The van der Waals surface area contributed by atoms with Gasteiger partial charge in [-0.25, -0.2) is 0 Å². The summed E-state index contributed by atoms with van der Waals surface area (Å²) in [6, 6.07) is 9.25. The fourth-order valence-corrected chi connectivity index (χ4v) is 2.73. The number of benzene rings is 1. The standard InChI is InChI=1S/C14H20N2/c1-3-11(13-5-2-6-15-8-13)7-12(4-1)14-9-16-10-14/h1,3-4,7,13-16H,2,5-6,8-10H2. The highest BCUT2D eigenvalue weighted by atomic mass is 14.9. The molecular formula is C14H20N2. The summed E-state index contributed by atoms with van der Waals surface area (Å²) in [5, 5.41) is 6.84. The third-order valence-electron chi connectivity index (χ3n) is 3.93. The molecule has 1 unspecified atom stereocenters. The van der Waals surface area contributed by atoms with Crippen molar-refractivity contribution in [1.82, 2.24) is 10.6 Å². The van der Waals surface area contributed by atoms with Gasteiger partial charge in [-0.2, -0.15) is 0 Å². The van der Waals surface area contributed by atoms with Crippen molar-refractivity contribution in [3.05, 3.63) is 35.4 Å². The van der Waals surface area contributed by atoms with Crippen molar-refractivity contribution in [2.24, 2.45) is 0 Å². The predicted octanol–water partition coefficient (Wildman–Crippen LogP) is 1.84. The quantitative estimate of drug-likeness (QED) is 0.788. The summed E-state index contributed by atoms with van der Waals surface area (Å²) in [5.74, 6) is 1.50. The first-order valence-electron chi connectivity index (χ1n) is 6.45. The second-order valence-corrected chi connectivity index (χ2v) is 5.07. The Morgan fingerprint density at radius 1 is 0.938 bits per heavy atom. The zero-order valence-corrected chi connectivity index (χ0v) is 9.71. The van der Waals surface area contributed by atoms with Gasteiger partial charge in [0.15, 0.2) is 0 Å². The van der Waals surface area contributed by atoms with E-state index in [0.29, 0.717) is 0 Å². The highest BCUT2D eigenvalue weighted by Gasteiger charge is 2.20. The Labute approximate surface area is 97.4 Å². The minimum absolute atomic E-state index is 0.738. The van der Waals surface area contributed by atoms with Crippen molar-refractivity contribution >= 4 is 0 Å². The Bertz CT molecular complexity index is 352. The molecular weight excluding hydrogens is 196 g/mol. The molecule has 0 bridgehead atoms. The first-order valence-corrected chi connectivity index (χ1v) is 6.45. The molecule has 2 nitrogen and oxygen atoms in total. The largest absolute Gasteiger partial charge is 0.316 e. The van der Waals surface area contributed by atoms with E-state index in [0.717, 1.165) is 31.5 Å². The molecule has 86 valence electrons. The van der Waals surface area contributed by atoms with Crippen LogP contribution in [-0.2, 0) is 0 Å². The van der Waals surface area contributed by atoms with Gasteiger partial charge in [0.1, 0.15) is 0 Å². The first-order chi connectivity index (χ1) is 7.93. The van der Waals surface area contributed by atoms with E-state index in [9.17, 15) is 0 Å². The van der Waals surface area contributed by atoms with Crippen LogP contribution in [0, 0.1) is 0 Å². The number of piperidine rings is 1. The maximum absolute atomic E-state index is 3.50. The van der Waals surface area contributed by atoms with E-state index in [1.54, 1.807) is 0 Å². The normalized spacial score (nSPS) is 26.4. The van der Waals surface area contributed by atoms with Crippen molar-refractivity contribution in [1.29, 1.82) is 0 Å². The number of hydrogen-bond donors (Lipinski definition) is 2. The monoisotopic (exact) mass is 216 g/mol. The minimum Gasteiger partial charge on any atom is -0.316 e. The average molecular weight is 216 g/mol. The van der Waals surface area contributed by atoms with Gasteiger partial charge in [-0.3, -0.25) is 0 Å². The third-order valence-corrected chi connectivity index (χ3v) is 3.93. The molecule has 0 aliphatic carbocycles. The Morgan fingerprint density at radius 2 is 1.69 bits per heavy atom. The Kier molecular flexibility index (Phi) is 2.94. The summed E-state index contributed by atoms with van der Waals surface area (Å²) in [4.78, 5) is 0. The van der Waals surface area contributed by atoms with Gasteiger partial charge < -0.3 is 10.6 Å². The molecule has 2 fully saturated rings. The van der Waals surface area contributed by atoms with E-state index in [2.05, 4.69) is 34.9 Å². The van der Waals surface area contributed by atoms with Crippen LogP contribution in [0.5, 0.6) is 0 Å². The Morgan fingerprint density at radius 3 is 2.31 bits per heavy atom. The van der Waals surface area contributed by atoms with Gasteiger partial charge in [-0.05, 0) is 36.4 Å². The molecule has 0 aromatic heterocycles. The van der Waals surface area contributed by atoms with Crippen molar-refractivity contribution in [3.8, 4) is 0 Å². The molecule has 0 radical (unpaired) electrons. The lowest BCUT2D eigenvalue weighted by Crippen LogP contribution is -2.39. The molecule has 0 spiro atoms. The molecule has 1 aromatic rings. The summed E-state index contributed by atoms with van der Waals surface area (Å²) < 4.78 is 0. The van der Waals surface area contributed by atoms with Crippen molar-refractivity contribution in [2.45, 2.75) is 24.7 Å². The van der Waals surface area contributed by atoms with Crippen LogP contribution >= 0.6 is 0 Å². The summed E-state index contributed by atoms with van der Waals surface area (Å²) in [7, 11) is 0. The molecule has 2 saturated heterocycles. The molecule has 2 heterocycles. The second kappa shape index (κ2) is 4.56. The zero-order valence-electron chi connectivity index (χ0n) is 9.71. The van der Waals surface area contributed by atoms with E-state index in [-0.39, 0.29) is 0 Å². The lowest BCUT2D eigenvalue weighted by molar-refractivity contribution is 0.444. The van der Waals surface area contributed by atoms with Gasteiger partial charge in [0.2, 0.25) is 0 Å². The van der Waals surface area contributed by atoms with Crippen LogP contribution in [0.1, 0.15) is 35.8 Å². The van der Waals surface area contributed by atoms with Gasteiger partial charge in [0.25, 0.3) is 0 Å². The minimum atomic E-state index is 0.738. The number of rotatable bonds is 2. The smallest absolute Gasteiger partial charge is 0.00886 e. The zero-order chi connectivity index (χ0) is 10.8. The lowest BCUT2D eigenvalue weighted by atomic mass is 9.87. The lowest BCUT2D eigenvalue weighted by Gasteiger charge is -2.29. The topological polar surface area (TPSA) is 24.1 Å². The maximum atomic E-state index is 3.50. The Balaban J connectivity index is 1.77. The molecule has 2 N–H and O–H groups in total. The van der Waals surface area contributed by atoms with Crippen LogP contribution in [0.3, 0.4) is 0 Å². The van der Waals surface area contributed by atoms with Gasteiger partial charge in [0, 0.05) is 25.6 Å². The van der Waals surface area contributed by atoms with Crippen LogP contribution < -0.4 is 10.6 Å². The summed E-state index contributed by atoms with van der Waals surface area (Å²) in [5.41, 5.74) is 3.07. The predicted molar refractivity (Wildman–Crippen MR) is 66.9 cm³/mol. The molecule has 0 amide bonds. The summed E-state index contributed by atoms with van der Waals surface area (Å²) >= 11 is 0. The first kappa shape index (κ1) is 10.3. The summed E-state index contributed by atoms with van der Waals surface area (Å²) in [6.07, 6.45) is 2.67. The third kappa shape index (κ3) is 2.00. The van der Waals surface area contributed by atoms with Crippen LogP contribution in [0.15, 0.2) is 24.3 Å². The fraction of sp³-hybridized carbons (Fsp3) is 0.571. The molecule has 0 saturated carbocycles. The van der Waals surface area contributed by atoms with Crippen molar-refractivity contribution in [3.63, 3.8) is 0 Å². The fourth-order valence-electron chi connectivity index (χ4n) is 2.73. The van der Waals surface area contributed by atoms with E-state index in [1.807, 2.05) is 0 Å². The molecule has 3 rings (SSSR count).